The van der Waals surface area contributed by atoms with Gasteiger partial charge in [-0.3, -0.25) is 5.41 Å². The highest BCUT2D eigenvalue weighted by atomic mass is 15.2. The van der Waals surface area contributed by atoms with E-state index in [-0.39, 0.29) is 12.0 Å². The molecule has 290 valence electrons. The number of benzene rings is 9. The number of aliphatic imine (C=N–C) groups is 2. The lowest BCUT2D eigenvalue weighted by molar-refractivity contribution is 0.942. The maximum atomic E-state index is 8.99. The summed E-state index contributed by atoms with van der Waals surface area (Å²) in [5, 5.41) is 18.6. The van der Waals surface area contributed by atoms with Crippen LogP contribution in [0.2, 0.25) is 0 Å². The van der Waals surface area contributed by atoms with E-state index >= 15 is 0 Å². The summed E-state index contributed by atoms with van der Waals surface area (Å²) in [6, 6.07) is 75.6. The van der Waals surface area contributed by atoms with Crippen molar-refractivity contribution in [3.8, 4) is 44.5 Å². The van der Waals surface area contributed by atoms with Crippen molar-refractivity contribution in [3.63, 3.8) is 0 Å². The first-order valence-corrected chi connectivity index (χ1v) is 20.5. The average molecular weight is 784 g/mol. The average Bonchev–Trinajstić information content (AvgIpc) is 3.78. The summed E-state index contributed by atoms with van der Waals surface area (Å²) in [4.78, 5) is 9.62. The summed E-state index contributed by atoms with van der Waals surface area (Å²) < 4.78 is 0. The van der Waals surface area contributed by atoms with Crippen LogP contribution >= 0.6 is 0 Å². The predicted molar refractivity (Wildman–Crippen MR) is 256 cm³/mol. The smallest absolute Gasteiger partial charge is 0.161 e. The van der Waals surface area contributed by atoms with Crippen LogP contribution in [0, 0.1) is 5.41 Å². The second kappa shape index (κ2) is 16.6. The van der Waals surface area contributed by atoms with Crippen LogP contribution < -0.4 is 10.6 Å². The van der Waals surface area contributed by atoms with Crippen LogP contribution in [0.1, 0.15) is 28.4 Å². The van der Waals surface area contributed by atoms with Crippen molar-refractivity contribution in [2.24, 2.45) is 9.98 Å². The summed E-state index contributed by atoms with van der Waals surface area (Å²) >= 11 is 0. The van der Waals surface area contributed by atoms with Crippen molar-refractivity contribution in [3.05, 3.63) is 241 Å². The van der Waals surface area contributed by atoms with Crippen molar-refractivity contribution in [2.45, 2.75) is 6.17 Å². The lowest BCUT2D eigenvalue weighted by Crippen LogP contribution is -2.11. The number of para-hydroxylation sites is 2. The van der Waals surface area contributed by atoms with Gasteiger partial charge in [-0.15, -0.1) is 0 Å². The number of amidine groups is 2. The molecule has 0 amide bonds. The minimum absolute atomic E-state index is 0.0175. The van der Waals surface area contributed by atoms with Gasteiger partial charge in [-0.2, -0.15) is 0 Å². The lowest BCUT2D eigenvalue weighted by Gasteiger charge is -2.15. The third-order valence-corrected chi connectivity index (χ3v) is 11.2. The quantitative estimate of drug-likeness (QED) is 0.106. The Balaban J connectivity index is 0.941. The van der Waals surface area contributed by atoms with Crippen molar-refractivity contribution in [1.29, 1.82) is 5.41 Å². The molecule has 1 aliphatic heterocycles. The minimum atomic E-state index is 0.0175. The van der Waals surface area contributed by atoms with Crippen molar-refractivity contribution < 1.29 is 0 Å². The van der Waals surface area contributed by atoms with Crippen molar-refractivity contribution in [1.82, 2.24) is 0 Å². The molecule has 3 N–H and O–H groups in total. The molecule has 1 aliphatic rings. The monoisotopic (exact) mass is 783 g/mol. The van der Waals surface area contributed by atoms with Crippen molar-refractivity contribution >= 4 is 40.0 Å². The van der Waals surface area contributed by atoms with Gasteiger partial charge >= 0.3 is 0 Å². The fraction of sp³-hybridized carbons (Fsp3) is 0.0179. The molecule has 61 heavy (non-hydrogen) atoms. The highest BCUT2D eigenvalue weighted by Gasteiger charge is 2.21. The molecule has 0 bridgehead atoms. The van der Waals surface area contributed by atoms with Gasteiger partial charge in [-0.05, 0) is 90.7 Å². The maximum Gasteiger partial charge on any atom is 0.161 e. The van der Waals surface area contributed by atoms with E-state index in [2.05, 4.69) is 156 Å². The van der Waals surface area contributed by atoms with E-state index in [1.165, 1.54) is 38.6 Å². The molecule has 5 nitrogen and oxygen atoms in total. The molecule has 0 aromatic heterocycles. The van der Waals surface area contributed by atoms with Crippen LogP contribution in [0.15, 0.2) is 228 Å². The van der Waals surface area contributed by atoms with Gasteiger partial charge in [-0.25, -0.2) is 9.98 Å². The van der Waals surface area contributed by atoms with Gasteiger partial charge in [0.05, 0.1) is 11.4 Å². The molecule has 9 aromatic carbocycles. The van der Waals surface area contributed by atoms with Crippen LogP contribution in [-0.4, -0.2) is 17.9 Å². The molecule has 0 saturated carbocycles. The zero-order valence-electron chi connectivity index (χ0n) is 33.3. The molecule has 0 saturated heterocycles. The fourth-order valence-corrected chi connectivity index (χ4v) is 8.09. The van der Waals surface area contributed by atoms with Gasteiger partial charge in [0.25, 0.3) is 0 Å². The highest BCUT2D eigenvalue weighted by molar-refractivity contribution is 6.13. The van der Waals surface area contributed by atoms with Gasteiger partial charge in [0.2, 0.25) is 0 Å². The molecule has 5 heteroatoms. The normalized spacial score (nSPS) is 12.6. The number of anilines is 2. The number of hydrogen-bond donors (Lipinski definition) is 3. The molecule has 0 unspecified atom stereocenters. The van der Waals surface area contributed by atoms with Crippen LogP contribution in [-0.2, 0) is 0 Å². The van der Waals surface area contributed by atoms with Gasteiger partial charge < -0.3 is 10.6 Å². The van der Waals surface area contributed by atoms with E-state index in [1.54, 1.807) is 6.21 Å². The fourth-order valence-electron chi connectivity index (χ4n) is 8.09. The van der Waals surface area contributed by atoms with Gasteiger partial charge in [-0.1, -0.05) is 194 Å². The van der Waals surface area contributed by atoms with E-state index in [1.807, 2.05) is 72.8 Å². The van der Waals surface area contributed by atoms with E-state index in [0.717, 1.165) is 50.3 Å². The van der Waals surface area contributed by atoms with Crippen LogP contribution in [0.3, 0.4) is 0 Å². The number of nitrogens with one attached hydrogen (secondary N) is 3. The summed E-state index contributed by atoms with van der Waals surface area (Å²) in [7, 11) is 0. The topological polar surface area (TPSA) is 72.6 Å². The Kier molecular flexibility index (Phi) is 10.1. The molecule has 0 atom stereocenters. The summed E-state index contributed by atoms with van der Waals surface area (Å²) in [6.07, 6.45) is 1.82. The molecular formula is C56H41N5. The number of fused-ring (bicyclic) bond motifs is 2. The van der Waals surface area contributed by atoms with Crippen molar-refractivity contribution in [2.75, 3.05) is 10.6 Å². The number of nitrogens with zero attached hydrogens (tertiary/aromatic N) is 2. The maximum absolute atomic E-state index is 8.99. The van der Waals surface area contributed by atoms with E-state index in [9.17, 15) is 0 Å². The standard InChI is InChI=1S/C56H41N5/c57-54(42-31-27-40(28-32-42)39-15-5-2-6-16-39)61-55(58-37-38-13-3-1-4-14-38)43-33-29-41(30-34-43)48-21-11-24-51-49(22-12-23-50(48)51)46-19-9-17-44(35-46)45-18-10-20-47(36-45)56-59-52-25-7-8-26-53(52)60-56/h1-37,56-57,59-60H. The first kappa shape index (κ1) is 37.1. The molecular weight excluding hydrogens is 743 g/mol. The Hall–Kier alpha value is -8.15. The molecule has 1 heterocycles. The number of hydrogen-bond acceptors (Lipinski definition) is 3. The van der Waals surface area contributed by atoms with E-state index < -0.39 is 0 Å². The summed E-state index contributed by atoms with van der Waals surface area (Å²) in [5.74, 6) is 0.620. The SMILES string of the molecule is N=C(N=C(N=Cc1ccccc1)c1ccc(-c2cccc3c(-c4cccc(-c5cccc(C6Nc7ccccc7N6)c5)c4)cccc23)cc1)c1ccc(-c2ccccc2)cc1. The second-order valence-corrected chi connectivity index (χ2v) is 15.2. The van der Waals surface area contributed by atoms with Gasteiger partial charge in [0.1, 0.15) is 6.17 Å². The largest absolute Gasteiger partial charge is 0.360 e. The highest BCUT2D eigenvalue weighted by Crippen LogP contribution is 2.38. The van der Waals surface area contributed by atoms with E-state index in [4.69, 9.17) is 15.4 Å². The molecule has 10 rings (SSSR count). The molecule has 0 spiro atoms. The Morgan fingerprint density at radius 3 is 1.62 bits per heavy atom. The summed E-state index contributed by atoms with van der Waals surface area (Å²) in [6.45, 7) is 0. The van der Waals surface area contributed by atoms with E-state index in [0.29, 0.717) is 5.84 Å². The predicted octanol–water partition coefficient (Wildman–Crippen LogP) is 13.9. The van der Waals surface area contributed by atoms with Crippen LogP contribution in [0.4, 0.5) is 11.4 Å². The Morgan fingerprint density at radius 2 is 0.934 bits per heavy atom. The first-order chi connectivity index (χ1) is 30.1. The number of rotatable bonds is 8. The Bertz CT molecular complexity index is 3050. The zero-order valence-corrected chi connectivity index (χ0v) is 33.3. The Labute approximate surface area is 356 Å². The minimum Gasteiger partial charge on any atom is -0.360 e. The third kappa shape index (κ3) is 7.88. The molecule has 0 aliphatic carbocycles. The van der Waals surface area contributed by atoms with Gasteiger partial charge in [0.15, 0.2) is 11.7 Å². The Morgan fingerprint density at radius 1 is 0.426 bits per heavy atom. The third-order valence-electron chi connectivity index (χ3n) is 11.2. The zero-order chi connectivity index (χ0) is 41.0. The molecule has 0 radical (unpaired) electrons. The van der Waals surface area contributed by atoms with Crippen LogP contribution in [0.5, 0.6) is 0 Å². The summed E-state index contributed by atoms with van der Waals surface area (Å²) in [5.41, 5.74) is 15.1. The first-order valence-electron chi connectivity index (χ1n) is 20.5. The van der Waals surface area contributed by atoms with Crippen LogP contribution in [0.25, 0.3) is 55.3 Å². The molecule has 9 aromatic rings. The lowest BCUT2D eigenvalue weighted by atomic mass is 9.91. The van der Waals surface area contributed by atoms with Gasteiger partial charge in [0, 0.05) is 17.3 Å². The second-order valence-electron chi connectivity index (χ2n) is 15.2. The molecule has 0 fully saturated rings.